The van der Waals surface area contributed by atoms with Gasteiger partial charge in [-0.15, -0.1) is 0 Å². The molecule has 50 heavy (non-hydrogen) atoms. The van der Waals surface area contributed by atoms with Crippen LogP contribution in [0.2, 0.25) is 12.6 Å². The Labute approximate surface area is 292 Å². The summed E-state index contributed by atoms with van der Waals surface area (Å²) >= 11 is 0. The quantitative estimate of drug-likeness (QED) is 0.159. The lowest BCUT2D eigenvalue weighted by Crippen LogP contribution is -2.32. The molecule has 2 aromatic heterocycles. The van der Waals surface area contributed by atoms with Crippen molar-refractivity contribution in [1.82, 2.24) is 9.97 Å². The minimum Gasteiger partial charge on any atom is -0.436 e. The SMILES string of the molecule is CC[Si]1(C)C(c2ccccc2-c2nc3ccccc3o2)=C(c2ccccc2)C(c2ccccc2)=C1c1ccccc1-c1nc2ccccc2o1. The zero-order chi connectivity index (χ0) is 33.7. The minimum atomic E-state index is -2.58. The highest BCUT2D eigenvalue weighted by atomic mass is 28.3. The molecule has 0 amide bonds. The molecule has 0 saturated carbocycles. The highest BCUT2D eigenvalue weighted by molar-refractivity contribution is 7.14. The Kier molecular flexibility index (Phi) is 7.29. The highest BCUT2D eigenvalue weighted by Gasteiger charge is 2.47. The van der Waals surface area contributed by atoms with E-state index in [-0.39, 0.29) is 0 Å². The summed E-state index contributed by atoms with van der Waals surface area (Å²) in [4.78, 5) is 10.0. The van der Waals surface area contributed by atoms with Crippen LogP contribution in [0, 0.1) is 0 Å². The molecule has 0 radical (unpaired) electrons. The van der Waals surface area contributed by atoms with E-state index in [4.69, 9.17) is 18.8 Å². The van der Waals surface area contributed by atoms with Crippen LogP contribution >= 0.6 is 0 Å². The van der Waals surface area contributed by atoms with Crippen molar-refractivity contribution in [2.45, 2.75) is 19.5 Å². The second-order valence-corrected chi connectivity index (χ2v) is 17.4. The lowest BCUT2D eigenvalue weighted by molar-refractivity contribution is 0.619. The van der Waals surface area contributed by atoms with Gasteiger partial charge in [0.25, 0.3) is 0 Å². The summed E-state index contributed by atoms with van der Waals surface area (Å²) in [5, 5.41) is 2.76. The molecule has 0 spiro atoms. The molecule has 3 heterocycles. The first kappa shape index (κ1) is 30.0. The average Bonchev–Trinajstić information content (AvgIpc) is 3.88. The Morgan fingerprint density at radius 3 is 1.20 bits per heavy atom. The van der Waals surface area contributed by atoms with Gasteiger partial charge in [0, 0.05) is 11.1 Å². The monoisotopic (exact) mass is 662 g/mol. The summed E-state index contributed by atoms with van der Waals surface area (Å²) in [5.41, 5.74) is 12.5. The molecule has 0 unspecified atom stereocenters. The van der Waals surface area contributed by atoms with Crippen LogP contribution < -0.4 is 0 Å². The van der Waals surface area contributed by atoms with Crippen LogP contribution in [0.4, 0.5) is 0 Å². The molecular weight excluding hydrogens is 629 g/mol. The summed E-state index contributed by atoms with van der Waals surface area (Å²) in [7, 11) is -2.58. The molecule has 5 heteroatoms. The number of fused-ring (bicyclic) bond motifs is 2. The van der Waals surface area contributed by atoms with Crippen LogP contribution in [0.3, 0.4) is 0 Å². The fourth-order valence-electron chi connectivity index (χ4n) is 7.68. The van der Waals surface area contributed by atoms with E-state index in [9.17, 15) is 0 Å². The second-order valence-electron chi connectivity index (χ2n) is 13.0. The van der Waals surface area contributed by atoms with Gasteiger partial charge >= 0.3 is 0 Å². The molecule has 0 atom stereocenters. The zero-order valence-corrected chi connectivity index (χ0v) is 28.9. The second kappa shape index (κ2) is 12.1. The summed E-state index contributed by atoms with van der Waals surface area (Å²) in [6.07, 6.45) is 0. The van der Waals surface area contributed by atoms with Gasteiger partial charge in [-0.05, 0) is 80.2 Å². The molecule has 4 nitrogen and oxygen atoms in total. The predicted molar refractivity (Wildman–Crippen MR) is 208 cm³/mol. The molecule has 1 aliphatic rings. The Bertz CT molecular complexity index is 2350. The first-order chi connectivity index (χ1) is 24.6. The smallest absolute Gasteiger partial charge is 0.227 e. The van der Waals surface area contributed by atoms with E-state index in [0.29, 0.717) is 11.8 Å². The molecule has 6 aromatic carbocycles. The Morgan fingerprint density at radius 2 is 0.800 bits per heavy atom. The van der Waals surface area contributed by atoms with Crippen LogP contribution in [-0.4, -0.2) is 18.0 Å². The molecule has 1 aliphatic heterocycles. The molecule has 8 aromatic rings. The Morgan fingerprint density at radius 1 is 0.440 bits per heavy atom. The van der Waals surface area contributed by atoms with E-state index < -0.39 is 8.07 Å². The number of allylic oxidation sites excluding steroid dienone is 2. The van der Waals surface area contributed by atoms with Gasteiger partial charge in [-0.25, -0.2) is 9.97 Å². The van der Waals surface area contributed by atoms with Gasteiger partial charge in [0.15, 0.2) is 11.2 Å². The maximum atomic E-state index is 6.47. The van der Waals surface area contributed by atoms with Gasteiger partial charge < -0.3 is 8.83 Å². The number of rotatable bonds is 7. The molecular formula is C45H34N2O2Si. The van der Waals surface area contributed by atoms with Crippen molar-refractivity contribution in [1.29, 1.82) is 0 Å². The number of aromatic nitrogens is 2. The molecule has 9 rings (SSSR count). The third-order valence-electron chi connectivity index (χ3n) is 10.1. The highest BCUT2D eigenvalue weighted by Crippen LogP contribution is 2.58. The topological polar surface area (TPSA) is 52.1 Å². The third-order valence-corrected chi connectivity index (χ3v) is 14.8. The summed E-state index contributed by atoms with van der Waals surface area (Å²) in [5.74, 6) is 1.27. The van der Waals surface area contributed by atoms with Gasteiger partial charge in [-0.2, -0.15) is 0 Å². The number of hydrogen-bond donors (Lipinski definition) is 0. The normalized spacial score (nSPS) is 14.3. The number of benzene rings is 6. The van der Waals surface area contributed by atoms with E-state index >= 15 is 0 Å². The largest absolute Gasteiger partial charge is 0.436 e. The summed E-state index contributed by atoms with van der Waals surface area (Å²) in [6, 6.07) is 56.1. The van der Waals surface area contributed by atoms with Crippen molar-refractivity contribution >= 4 is 51.8 Å². The van der Waals surface area contributed by atoms with Crippen molar-refractivity contribution in [3.05, 3.63) is 180 Å². The third kappa shape index (κ3) is 4.81. The number of para-hydroxylation sites is 4. The van der Waals surface area contributed by atoms with Crippen LogP contribution in [0.25, 0.3) is 66.6 Å². The lowest BCUT2D eigenvalue weighted by atomic mass is 9.88. The van der Waals surface area contributed by atoms with Gasteiger partial charge in [0.1, 0.15) is 19.1 Å². The average molecular weight is 663 g/mol. The Balaban J connectivity index is 1.38. The van der Waals surface area contributed by atoms with Crippen molar-refractivity contribution in [2.75, 3.05) is 0 Å². The zero-order valence-electron chi connectivity index (χ0n) is 27.9. The fourth-order valence-corrected chi connectivity index (χ4v) is 11.9. The standard InChI is InChI=1S/C45H34N2O2Si/c1-3-50(2)42(32-22-10-12-24-34(32)44-46-36-26-14-16-28-38(36)48-44)40(30-18-6-4-7-19-30)41(31-20-8-5-9-21-31)43(50)33-23-11-13-25-35(33)45-47-37-27-15-17-29-39(37)49-45/h4-29H,3H2,1-2H3. The first-order valence-electron chi connectivity index (χ1n) is 17.2. The van der Waals surface area contributed by atoms with Gasteiger partial charge in [0.2, 0.25) is 11.8 Å². The van der Waals surface area contributed by atoms with E-state index in [2.05, 4.69) is 123 Å². The van der Waals surface area contributed by atoms with E-state index in [1.165, 1.54) is 32.7 Å². The molecule has 240 valence electrons. The lowest BCUT2D eigenvalue weighted by Gasteiger charge is -2.31. The van der Waals surface area contributed by atoms with Crippen LogP contribution in [0.15, 0.2) is 167 Å². The van der Waals surface area contributed by atoms with Crippen molar-refractivity contribution in [3.63, 3.8) is 0 Å². The van der Waals surface area contributed by atoms with Gasteiger partial charge in [-0.1, -0.05) is 141 Å². The van der Waals surface area contributed by atoms with E-state index in [1.807, 2.05) is 48.5 Å². The van der Waals surface area contributed by atoms with Gasteiger partial charge in [-0.3, -0.25) is 0 Å². The minimum absolute atomic E-state index is 0.635. The van der Waals surface area contributed by atoms with Gasteiger partial charge in [0.05, 0.1) is 0 Å². The molecule has 0 N–H and O–H groups in total. The van der Waals surface area contributed by atoms with E-state index in [0.717, 1.165) is 50.5 Å². The van der Waals surface area contributed by atoms with Crippen molar-refractivity contribution < 1.29 is 8.83 Å². The predicted octanol–water partition coefficient (Wildman–Crippen LogP) is 12.0. The summed E-state index contributed by atoms with van der Waals surface area (Å²) in [6.45, 7) is 4.88. The van der Waals surface area contributed by atoms with Crippen molar-refractivity contribution in [2.24, 2.45) is 0 Å². The number of nitrogens with zero attached hydrogens (tertiary/aromatic N) is 2. The molecule has 0 aliphatic carbocycles. The summed E-state index contributed by atoms with van der Waals surface area (Å²) < 4.78 is 12.9. The maximum Gasteiger partial charge on any atom is 0.227 e. The first-order valence-corrected chi connectivity index (χ1v) is 19.9. The van der Waals surface area contributed by atoms with Crippen molar-refractivity contribution in [3.8, 4) is 22.9 Å². The Hall–Kier alpha value is -6.04. The number of hydrogen-bond acceptors (Lipinski definition) is 4. The van der Waals surface area contributed by atoms with E-state index in [1.54, 1.807) is 0 Å². The fraction of sp³-hybridized carbons (Fsp3) is 0.0667. The van der Waals surface area contributed by atoms with Crippen LogP contribution in [-0.2, 0) is 0 Å². The van der Waals surface area contributed by atoms with Crippen LogP contribution in [0.5, 0.6) is 0 Å². The molecule has 0 saturated heterocycles. The van der Waals surface area contributed by atoms with Crippen LogP contribution in [0.1, 0.15) is 29.2 Å². The molecule has 0 fully saturated rings. The molecule has 0 bridgehead atoms. The number of oxazole rings is 2. The maximum absolute atomic E-state index is 6.47.